The highest BCUT2D eigenvalue weighted by Crippen LogP contribution is 2.34. The zero-order chi connectivity index (χ0) is 19.8. The molecule has 1 aliphatic heterocycles. The van der Waals surface area contributed by atoms with Crippen LogP contribution in [0, 0.1) is 0 Å². The maximum absolute atomic E-state index is 12.3. The van der Waals surface area contributed by atoms with Gasteiger partial charge in [-0.2, -0.15) is 0 Å². The third-order valence-corrected chi connectivity index (χ3v) is 5.54. The van der Waals surface area contributed by atoms with E-state index in [0.717, 1.165) is 45.9 Å². The minimum atomic E-state index is -0.352. The average molecular weight is 405 g/mol. The fourth-order valence-electron chi connectivity index (χ4n) is 3.91. The summed E-state index contributed by atoms with van der Waals surface area (Å²) >= 11 is 5.99. The number of quaternary nitrogens is 1. The van der Waals surface area contributed by atoms with Gasteiger partial charge in [-0.3, -0.25) is 4.90 Å². The van der Waals surface area contributed by atoms with Crippen molar-refractivity contribution >= 4 is 22.6 Å². The standard InChI is InChI=1S/C24H18ClNO3/c25-18-8-6-16(7-9-18)13-26-14-21-22(28-15-26)11-10-19-20(12-23(27)29-24(19)21)17-4-2-1-3-5-17/h1-12H,13-15H2/p+1. The molecule has 0 radical (unpaired) electrons. The van der Waals surface area contributed by atoms with Crippen LogP contribution in [0.4, 0.5) is 0 Å². The van der Waals surface area contributed by atoms with Crippen LogP contribution in [0.1, 0.15) is 11.1 Å². The zero-order valence-electron chi connectivity index (χ0n) is 15.7. The minimum Gasteiger partial charge on any atom is -0.445 e. The second-order valence-electron chi connectivity index (χ2n) is 7.28. The van der Waals surface area contributed by atoms with Crippen LogP contribution in [-0.4, -0.2) is 6.73 Å². The normalized spacial score (nSPS) is 15.7. The Morgan fingerprint density at radius 2 is 1.76 bits per heavy atom. The van der Waals surface area contributed by atoms with E-state index in [1.807, 2.05) is 66.7 Å². The van der Waals surface area contributed by atoms with Crippen LogP contribution in [0.5, 0.6) is 5.75 Å². The Balaban J connectivity index is 1.56. The molecule has 5 heteroatoms. The quantitative estimate of drug-likeness (QED) is 0.524. The van der Waals surface area contributed by atoms with E-state index in [9.17, 15) is 4.79 Å². The van der Waals surface area contributed by atoms with Gasteiger partial charge in [-0.15, -0.1) is 0 Å². The monoisotopic (exact) mass is 404 g/mol. The van der Waals surface area contributed by atoms with Crippen LogP contribution < -0.4 is 15.3 Å². The van der Waals surface area contributed by atoms with E-state index in [1.165, 1.54) is 10.5 Å². The predicted molar refractivity (Wildman–Crippen MR) is 113 cm³/mol. The van der Waals surface area contributed by atoms with E-state index in [4.69, 9.17) is 20.8 Å². The van der Waals surface area contributed by atoms with Crippen LogP contribution in [0.25, 0.3) is 22.1 Å². The van der Waals surface area contributed by atoms with Crippen molar-refractivity contribution in [3.8, 4) is 16.9 Å². The Kier molecular flexibility index (Phi) is 4.58. The van der Waals surface area contributed by atoms with Crippen molar-refractivity contribution < 1.29 is 14.1 Å². The van der Waals surface area contributed by atoms with Crippen LogP contribution in [0.2, 0.25) is 5.02 Å². The molecule has 1 aliphatic rings. The molecule has 0 spiro atoms. The molecule has 29 heavy (non-hydrogen) atoms. The van der Waals surface area contributed by atoms with Crippen molar-refractivity contribution in [1.82, 2.24) is 0 Å². The third kappa shape index (κ3) is 3.53. The molecule has 0 saturated carbocycles. The highest BCUT2D eigenvalue weighted by molar-refractivity contribution is 6.30. The van der Waals surface area contributed by atoms with Gasteiger partial charge in [0.1, 0.15) is 18.8 Å². The van der Waals surface area contributed by atoms with Crippen LogP contribution in [0.15, 0.2) is 82.0 Å². The van der Waals surface area contributed by atoms with Gasteiger partial charge in [0.25, 0.3) is 0 Å². The first-order chi connectivity index (χ1) is 14.2. The number of halogens is 1. The zero-order valence-corrected chi connectivity index (χ0v) is 16.4. The lowest BCUT2D eigenvalue weighted by Gasteiger charge is -2.26. The number of ether oxygens (including phenoxy) is 1. The van der Waals surface area contributed by atoms with Crippen LogP contribution >= 0.6 is 11.6 Å². The molecular formula is C24H19ClNO3+. The second-order valence-corrected chi connectivity index (χ2v) is 7.72. The predicted octanol–water partition coefficient (Wildman–Crippen LogP) is 4.05. The van der Waals surface area contributed by atoms with E-state index in [1.54, 1.807) is 6.07 Å². The van der Waals surface area contributed by atoms with Gasteiger partial charge in [0, 0.05) is 22.0 Å². The summed E-state index contributed by atoms with van der Waals surface area (Å²) in [5, 5.41) is 1.65. The second kappa shape index (κ2) is 7.39. The summed E-state index contributed by atoms with van der Waals surface area (Å²) in [5.74, 6) is 0.783. The lowest BCUT2D eigenvalue weighted by Crippen LogP contribution is -3.10. The molecule has 1 atom stereocenters. The van der Waals surface area contributed by atoms with E-state index in [-0.39, 0.29) is 5.63 Å². The Morgan fingerprint density at radius 3 is 2.55 bits per heavy atom. The van der Waals surface area contributed by atoms with Gasteiger partial charge in [-0.1, -0.05) is 54.1 Å². The Hall–Kier alpha value is -3.08. The molecule has 1 unspecified atom stereocenters. The Morgan fingerprint density at radius 1 is 0.966 bits per heavy atom. The molecule has 0 fully saturated rings. The molecule has 0 aliphatic carbocycles. The molecule has 3 aromatic carbocycles. The average Bonchev–Trinajstić information content (AvgIpc) is 2.75. The van der Waals surface area contributed by atoms with Crippen LogP contribution in [-0.2, 0) is 13.1 Å². The summed E-state index contributed by atoms with van der Waals surface area (Å²) < 4.78 is 11.7. The van der Waals surface area contributed by atoms with Gasteiger partial charge in [0.15, 0.2) is 5.58 Å². The van der Waals surface area contributed by atoms with Crippen molar-refractivity contribution in [2.24, 2.45) is 0 Å². The van der Waals surface area contributed by atoms with E-state index >= 15 is 0 Å². The summed E-state index contributed by atoms with van der Waals surface area (Å²) in [6, 6.07) is 23.3. The fourth-order valence-corrected chi connectivity index (χ4v) is 4.03. The summed E-state index contributed by atoms with van der Waals surface area (Å²) in [7, 11) is 0. The first-order valence-corrected chi connectivity index (χ1v) is 9.91. The summed E-state index contributed by atoms with van der Waals surface area (Å²) in [4.78, 5) is 13.6. The number of hydrogen-bond donors (Lipinski definition) is 1. The van der Waals surface area contributed by atoms with Gasteiger partial charge in [0.05, 0.1) is 5.56 Å². The molecule has 0 bridgehead atoms. The first-order valence-electron chi connectivity index (χ1n) is 9.53. The van der Waals surface area contributed by atoms with E-state index in [2.05, 4.69) is 0 Å². The SMILES string of the molecule is O=c1cc(-c2ccccc2)c2ccc3c(c2o1)C[NH+](Cc1ccc(Cl)cc1)CO3. The maximum atomic E-state index is 12.3. The number of fused-ring (bicyclic) bond motifs is 3. The van der Waals surface area contributed by atoms with Crippen molar-refractivity contribution in [3.05, 3.63) is 99.4 Å². The molecule has 1 N–H and O–H groups in total. The number of benzene rings is 3. The van der Waals surface area contributed by atoms with Gasteiger partial charge in [0.2, 0.25) is 6.73 Å². The van der Waals surface area contributed by atoms with Gasteiger partial charge >= 0.3 is 5.63 Å². The molecule has 4 nitrogen and oxygen atoms in total. The maximum Gasteiger partial charge on any atom is 0.336 e. The number of nitrogens with one attached hydrogen (secondary N) is 1. The fraction of sp³-hybridized carbons (Fsp3) is 0.125. The Labute approximate surface area is 172 Å². The lowest BCUT2D eigenvalue weighted by atomic mass is 9.99. The molecule has 144 valence electrons. The molecular weight excluding hydrogens is 386 g/mol. The summed E-state index contributed by atoms with van der Waals surface area (Å²) in [6.07, 6.45) is 0. The molecule has 0 saturated heterocycles. The van der Waals surface area contributed by atoms with Crippen molar-refractivity contribution in [3.63, 3.8) is 0 Å². The lowest BCUT2D eigenvalue weighted by molar-refractivity contribution is -0.945. The van der Waals surface area contributed by atoms with Crippen LogP contribution in [0.3, 0.4) is 0 Å². The summed E-state index contributed by atoms with van der Waals surface area (Å²) in [6.45, 7) is 2.08. The highest BCUT2D eigenvalue weighted by Gasteiger charge is 2.25. The molecule has 1 aromatic heterocycles. The minimum absolute atomic E-state index is 0.352. The highest BCUT2D eigenvalue weighted by atomic mass is 35.5. The topological polar surface area (TPSA) is 43.9 Å². The van der Waals surface area contributed by atoms with Crippen molar-refractivity contribution in [1.29, 1.82) is 0 Å². The van der Waals surface area contributed by atoms with E-state index < -0.39 is 0 Å². The number of hydrogen-bond acceptors (Lipinski definition) is 3. The third-order valence-electron chi connectivity index (χ3n) is 5.28. The molecule has 0 amide bonds. The number of rotatable bonds is 3. The Bertz CT molecular complexity index is 1230. The van der Waals surface area contributed by atoms with E-state index in [0.29, 0.717) is 12.3 Å². The first kappa shape index (κ1) is 18.0. The summed E-state index contributed by atoms with van der Waals surface area (Å²) in [5.41, 5.74) is 4.25. The van der Waals surface area contributed by atoms with Crippen molar-refractivity contribution in [2.45, 2.75) is 13.1 Å². The smallest absolute Gasteiger partial charge is 0.336 e. The largest absolute Gasteiger partial charge is 0.445 e. The molecule has 4 aromatic rings. The van der Waals surface area contributed by atoms with Gasteiger partial charge in [-0.05, 0) is 35.4 Å². The van der Waals surface area contributed by atoms with Crippen molar-refractivity contribution in [2.75, 3.05) is 6.73 Å². The molecule has 5 rings (SSSR count). The molecule has 2 heterocycles. The van der Waals surface area contributed by atoms with Gasteiger partial charge < -0.3 is 9.15 Å². The van der Waals surface area contributed by atoms with Gasteiger partial charge in [-0.25, -0.2) is 4.79 Å².